The highest BCUT2D eigenvalue weighted by atomic mass is 32.1. The maximum absolute atomic E-state index is 9.83. The van der Waals surface area contributed by atoms with Gasteiger partial charge in [-0.2, -0.15) is 4.99 Å². The number of nitrogens with one attached hydrogen (secondary N) is 1. The summed E-state index contributed by atoms with van der Waals surface area (Å²) in [5.74, 6) is 0. The van der Waals surface area contributed by atoms with Gasteiger partial charge in [-0.25, -0.2) is 10.2 Å². The lowest BCUT2D eigenvalue weighted by Crippen LogP contribution is -1.70. The zero-order chi connectivity index (χ0) is 10.1. The van der Waals surface area contributed by atoms with Crippen LogP contribution >= 0.6 is 12.2 Å². The lowest BCUT2D eigenvalue weighted by atomic mass is 10.2. The maximum Gasteiger partial charge on any atom is 0.240 e. The van der Waals surface area contributed by atoms with E-state index in [9.17, 15) is 4.79 Å². The van der Waals surface area contributed by atoms with Crippen molar-refractivity contribution in [3.05, 3.63) is 29.8 Å². The number of carbonyl (C=O) groups excluding carboxylic acids is 1. The molecular formula is C9H8N2OS. The number of rotatable bonds is 1. The number of para-hydroxylation sites is 1. The third-order valence-electron chi connectivity index (χ3n) is 1.28. The number of thiocarbonyl (C=S) groups is 1. The Balaban J connectivity index is 0.000000424. The first-order valence-electron chi connectivity index (χ1n) is 3.43. The standard InChI is InChI=1S/C8H7NO.CHNS/c1-7-4-2-3-5-8(7)9-6-10;2-1-3/h2-5H,1H3;2H. The third kappa shape index (κ3) is 4.77. The van der Waals surface area contributed by atoms with Gasteiger partial charge in [0.15, 0.2) is 0 Å². The van der Waals surface area contributed by atoms with Crippen molar-refractivity contribution in [2.24, 2.45) is 4.99 Å². The second-order valence-corrected chi connectivity index (χ2v) is 2.30. The minimum absolute atomic E-state index is 0.692. The summed E-state index contributed by atoms with van der Waals surface area (Å²) in [4.78, 5) is 13.3. The molecule has 1 aromatic carbocycles. The molecule has 0 saturated carbocycles. The average molecular weight is 192 g/mol. The van der Waals surface area contributed by atoms with Gasteiger partial charge in [0, 0.05) is 0 Å². The van der Waals surface area contributed by atoms with Crippen molar-refractivity contribution in [1.29, 1.82) is 5.41 Å². The molecule has 0 radical (unpaired) electrons. The second kappa shape index (κ2) is 7.07. The van der Waals surface area contributed by atoms with E-state index >= 15 is 0 Å². The smallest absolute Gasteiger partial charge is 0.240 e. The first-order chi connectivity index (χ1) is 6.26. The Hall–Kier alpha value is -1.60. The Bertz CT molecular complexity index is 350. The van der Waals surface area contributed by atoms with E-state index in [2.05, 4.69) is 17.2 Å². The van der Waals surface area contributed by atoms with Crippen molar-refractivity contribution < 1.29 is 4.79 Å². The van der Waals surface area contributed by atoms with Crippen LogP contribution in [0.2, 0.25) is 0 Å². The van der Waals surface area contributed by atoms with Crippen molar-refractivity contribution in [3.63, 3.8) is 0 Å². The van der Waals surface area contributed by atoms with Crippen molar-refractivity contribution in [2.75, 3.05) is 0 Å². The van der Waals surface area contributed by atoms with Crippen LogP contribution in [-0.2, 0) is 4.79 Å². The van der Waals surface area contributed by atoms with Gasteiger partial charge in [0.05, 0.1) is 10.8 Å². The Morgan fingerprint density at radius 3 is 2.46 bits per heavy atom. The van der Waals surface area contributed by atoms with Gasteiger partial charge in [0.25, 0.3) is 0 Å². The van der Waals surface area contributed by atoms with Gasteiger partial charge >= 0.3 is 0 Å². The molecule has 1 N–H and O–H groups in total. The first-order valence-corrected chi connectivity index (χ1v) is 3.84. The normalized spacial score (nSPS) is 7.15. The summed E-state index contributed by atoms with van der Waals surface area (Å²) in [6, 6.07) is 7.42. The van der Waals surface area contributed by atoms with Crippen molar-refractivity contribution in [2.45, 2.75) is 6.92 Å². The van der Waals surface area contributed by atoms with Gasteiger partial charge in [-0.3, -0.25) is 0 Å². The molecule has 0 aliphatic rings. The highest BCUT2D eigenvalue weighted by Crippen LogP contribution is 2.15. The van der Waals surface area contributed by atoms with Gasteiger partial charge in [-0.1, -0.05) is 18.2 Å². The van der Waals surface area contributed by atoms with Crippen LogP contribution in [0.4, 0.5) is 5.69 Å². The SMILES string of the molecule is Cc1ccccc1N=C=O.N=C=S. The molecule has 0 unspecified atom stereocenters. The van der Waals surface area contributed by atoms with Gasteiger partial charge in [-0.15, -0.1) is 0 Å². The molecule has 0 spiro atoms. The van der Waals surface area contributed by atoms with Crippen molar-refractivity contribution >= 4 is 29.1 Å². The molecule has 3 nitrogen and oxygen atoms in total. The number of hydrogen-bond donors (Lipinski definition) is 1. The van der Waals surface area contributed by atoms with E-state index < -0.39 is 0 Å². The van der Waals surface area contributed by atoms with E-state index in [0.29, 0.717) is 5.69 Å². The average Bonchev–Trinajstić information content (AvgIpc) is 2.11. The van der Waals surface area contributed by atoms with Gasteiger partial charge in [0.1, 0.15) is 0 Å². The van der Waals surface area contributed by atoms with Crippen molar-refractivity contribution in [1.82, 2.24) is 0 Å². The number of aryl methyl sites for hydroxylation is 1. The number of aliphatic imine (C=N–C) groups is 1. The van der Waals surface area contributed by atoms with E-state index in [1.165, 1.54) is 6.08 Å². The molecule has 0 atom stereocenters. The first kappa shape index (κ1) is 11.4. The number of isocyanates is 1. The van der Waals surface area contributed by atoms with Crippen LogP contribution in [-0.4, -0.2) is 11.2 Å². The van der Waals surface area contributed by atoms with E-state index in [1.54, 1.807) is 11.2 Å². The lowest BCUT2D eigenvalue weighted by Gasteiger charge is -1.92. The number of nitrogens with zero attached hydrogens (tertiary/aromatic N) is 1. The largest absolute Gasteiger partial charge is 0.248 e. The summed E-state index contributed by atoms with van der Waals surface area (Å²) < 4.78 is 0. The molecule has 1 rings (SSSR count). The van der Waals surface area contributed by atoms with Crippen LogP contribution in [0.15, 0.2) is 29.3 Å². The number of hydrogen-bond acceptors (Lipinski definition) is 4. The fraction of sp³-hybridized carbons (Fsp3) is 0.111. The molecule has 0 aliphatic heterocycles. The predicted octanol–water partition coefficient (Wildman–Crippen LogP) is 2.63. The van der Waals surface area contributed by atoms with Crippen molar-refractivity contribution in [3.8, 4) is 0 Å². The Morgan fingerprint density at radius 1 is 1.46 bits per heavy atom. The molecule has 13 heavy (non-hydrogen) atoms. The Labute approximate surface area is 81.6 Å². The topological polar surface area (TPSA) is 53.3 Å². The summed E-state index contributed by atoms with van der Waals surface area (Å²) in [7, 11) is 0. The number of benzene rings is 1. The fourth-order valence-corrected chi connectivity index (χ4v) is 0.738. The minimum atomic E-state index is 0.692. The summed E-state index contributed by atoms with van der Waals surface area (Å²) in [6.07, 6.45) is 1.50. The molecule has 0 bridgehead atoms. The molecule has 4 heteroatoms. The van der Waals surface area contributed by atoms with E-state index in [0.717, 1.165) is 5.56 Å². The molecule has 0 aliphatic carbocycles. The maximum atomic E-state index is 9.83. The van der Waals surface area contributed by atoms with Gasteiger partial charge in [-0.05, 0) is 30.8 Å². The Kier molecular flexibility index (Phi) is 6.20. The minimum Gasteiger partial charge on any atom is -0.248 e. The van der Waals surface area contributed by atoms with E-state index in [4.69, 9.17) is 5.41 Å². The quantitative estimate of drug-likeness (QED) is 0.422. The predicted molar refractivity (Wildman–Crippen MR) is 54.3 cm³/mol. The highest BCUT2D eigenvalue weighted by Gasteiger charge is 1.90. The van der Waals surface area contributed by atoms with Crippen LogP contribution < -0.4 is 0 Å². The second-order valence-electron chi connectivity index (χ2n) is 2.09. The molecule has 0 amide bonds. The highest BCUT2D eigenvalue weighted by molar-refractivity contribution is 7.78. The van der Waals surface area contributed by atoms with Crippen LogP contribution in [0.25, 0.3) is 0 Å². The fourth-order valence-electron chi connectivity index (χ4n) is 0.738. The van der Waals surface area contributed by atoms with E-state index in [1.807, 2.05) is 25.1 Å². The molecule has 0 fully saturated rings. The molecule has 0 heterocycles. The molecular weight excluding hydrogens is 184 g/mol. The lowest BCUT2D eigenvalue weighted by molar-refractivity contribution is 0.565. The summed E-state index contributed by atoms with van der Waals surface area (Å²) >= 11 is 3.81. The van der Waals surface area contributed by atoms with Crippen LogP contribution in [0.1, 0.15) is 5.56 Å². The molecule has 1 aromatic rings. The van der Waals surface area contributed by atoms with Crippen LogP contribution in [0.3, 0.4) is 0 Å². The monoisotopic (exact) mass is 192 g/mol. The zero-order valence-electron chi connectivity index (χ0n) is 7.07. The summed E-state index contributed by atoms with van der Waals surface area (Å²) in [5, 5.41) is 7.36. The number of isothiocyanates is 1. The summed E-state index contributed by atoms with van der Waals surface area (Å²) in [6.45, 7) is 1.90. The Morgan fingerprint density at radius 2 is 2.00 bits per heavy atom. The van der Waals surface area contributed by atoms with Crippen LogP contribution in [0.5, 0.6) is 0 Å². The molecule has 66 valence electrons. The van der Waals surface area contributed by atoms with Gasteiger partial charge in [0.2, 0.25) is 6.08 Å². The zero-order valence-corrected chi connectivity index (χ0v) is 7.89. The summed E-state index contributed by atoms with van der Waals surface area (Å²) in [5.41, 5.74) is 1.68. The van der Waals surface area contributed by atoms with Crippen LogP contribution in [0, 0.1) is 12.3 Å². The molecule has 0 aromatic heterocycles. The van der Waals surface area contributed by atoms with Gasteiger partial charge < -0.3 is 0 Å². The third-order valence-corrected chi connectivity index (χ3v) is 1.28. The van der Waals surface area contributed by atoms with E-state index in [-0.39, 0.29) is 0 Å². The molecule has 0 saturated heterocycles.